The van der Waals surface area contributed by atoms with E-state index in [-0.39, 0.29) is 5.41 Å². The van der Waals surface area contributed by atoms with Crippen molar-refractivity contribution in [2.75, 3.05) is 0 Å². The highest BCUT2D eigenvalue weighted by Crippen LogP contribution is 2.26. The minimum absolute atomic E-state index is 0.176. The second-order valence-corrected chi connectivity index (χ2v) is 7.01. The maximum absolute atomic E-state index is 11.4. The molecular formula is C17H26O7. The highest BCUT2D eigenvalue weighted by Gasteiger charge is 2.22. The fraction of sp³-hybridized carbons (Fsp3) is 0.529. The second-order valence-electron chi connectivity index (χ2n) is 7.01. The molecule has 1 aromatic carbocycles. The molecule has 136 valence electrons. The molecule has 24 heavy (non-hydrogen) atoms. The third kappa shape index (κ3) is 9.24. The average Bonchev–Trinajstić information content (AvgIpc) is 2.44. The zero-order chi connectivity index (χ0) is 19.0. The molecule has 1 aromatic rings. The summed E-state index contributed by atoms with van der Waals surface area (Å²) in [6, 6.07) is 7.04. The quantitative estimate of drug-likeness (QED) is 0.659. The number of hydrogen-bond acceptors (Lipinski definition) is 7. The van der Waals surface area contributed by atoms with Crippen LogP contribution >= 0.6 is 0 Å². The molecule has 1 rings (SSSR count). The Labute approximate surface area is 142 Å². The van der Waals surface area contributed by atoms with Crippen molar-refractivity contribution in [1.29, 1.82) is 0 Å². The first-order chi connectivity index (χ1) is 10.9. The van der Waals surface area contributed by atoms with E-state index in [0.717, 1.165) is 5.56 Å². The maximum Gasteiger partial charge on any atom is 0.376 e. The van der Waals surface area contributed by atoms with E-state index >= 15 is 0 Å². The molecule has 0 aliphatic rings. The lowest BCUT2D eigenvalue weighted by molar-refractivity contribution is -0.455. The number of carbonyl (C=O) groups is 2. The Morgan fingerprint density at radius 2 is 1.50 bits per heavy atom. The summed E-state index contributed by atoms with van der Waals surface area (Å²) >= 11 is 0. The van der Waals surface area contributed by atoms with Gasteiger partial charge in [0.1, 0.15) is 5.60 Å². The molecule has 1 N–H and O–H groups in total. The molecule has 0 heterocycles. The molecule has 7 nitrogen and oxygen atoms in total. The van der Waals surface area contributed by atoms with Gasteiger partial charge < -0.3 is 0 Å². The highest BCUT2D eigenvalue weighted by atomic mass is 17.5. The van der Waals surface area contributed by atoms with Crippen LogP contribution in [0.3, 0.4) is 0 Å². The Kier molecular flexibility index (Phi) is 8.60. The number of hydrogen-bond donors (Lipinski definition) is 1. The minimum atomic E-state index is -0.706. The topological polar surface area (TPSA) is 91.3 Å². The van der Waals surface area contributed by atoms with Crippen LogP contribution in [0.1, 0.15) is 64.4 Å². The minimum Gasteiger partial charge on any atom is -0.298 e. The van der Waals surface area contributed by atoms with E-state index in [2.05, 4.69) is 19.7 Å². The van der Waals surface area contributed by atoms with Crippen LogP contribution in [-0.4, -0.2) is 22.8 Å². The van der Waals surface area contributed by atoms with E-state index in [9.17, 15) is 9.59 Å². The normalized spacial score (nSPS) is 11.2. The van der Waals surface area contributed by atoms with E-state index < -0.39 is 17.5 Å². The molecular weight excluding hydrogens is 316 g/mol. The summed E-state index contributed by atoms with van der Waals surface area (Å²) in [5.74, 6) is -1.13. The smallest absolute Gasteiger partial charge is 0.298 e. The van der Waals surface area contributed by atoms with Gasteiger partial charge in [-0.25, -0.2) is 14.8 Å². The van der Waals surface area contributed by atoms with Crippen molar-refractivity contribution in [1.82, 2.24) is 0 Å². The lowest BCUT2D eigenvalue weighted by Crippen LogP contribution is -2.20. The van der Waals surface area contributed by atoms with Gasteiger partial charge in [0.25, 0.3) is 0 Å². The largest absolute Gasteiger partial charge is 0.376 e. The van der Waals surface area contributed by atoms with E-state index in [1.54, 1.807) is 32.9 Å². The summed E-state index contributed by atoms with van der Waals surface area (Å²) in [5.41, 5.74) is 0.641. The first kappa shape index (κ1) is 22.0. The van der Waals surface area contributed by atoms with E-state index in [1.165, 1.54) is 6.92 Å². The molecule has 0 spiro atoms. The van der Waals surface area contributed by atoms with Crippen molar-refractivity contribution in [2.24, 2.45) is 0 Å². The summed E-state index contributed by atoms with van der Waals surface area (Å²) in [4.78, 5) is 34.5. The lowest BCUT2D eigenvalue weighted by Gasteiger charge is -2.21. The van der Waals surface area contributed by atoms with Gasteiger partial charge in [-0.2, -0.15) is 4.89 Å². The number of carbonyl (C=O) groups excluding carboxylic acids is 2. The van der Waals surface area contributed by atoms with Crippen molar-refractivity contribution in [3.63, 3.8) is 0 Å². The second kappa shape index (κ2) is 9.36. The zero-order valence-corrected chi connectivity index (χ0v) is 15.2. The number of rotatable bonds is 3. The summed E-state index contributed by atoms with van der Waals surface area (Å²) in [6.07, 6.45) is 0. The van der Waals surface area contributed by atoms with Crippen LogP contribution in [0.2, 0.25) is 0 Å². The monoisotopic (exact) mass is 342 g/mol. The van der Waals surface area contributed by atoms with Crippen molar-refractivity contribution in [2.45, 2.75) is 59.5 Å². The molecule has 0 aliphatic heterocycles. The predicted molar refractivity (Wildman–Crippen MR) is 86.9 cm³/mol. The molecule has 0 saturated heterocycles. The van der Waals surface area contributed by atoms with Crippen LogP contribution in [0.5, 0.6) is 0 Å². The van der Waals surface area contributed by atoms with Crippen LogP contribution < -0.4 is 0 Å². The predicted octanol–water partition coefficient (Wildman–Crippen LogP) is 3.83. The Morgan fingerprint density at radius 3 is 1.88 bits per heavy atom. The van der Waals surface area contributed by atoms with E-state index in [1.807, 2.05) is 32.9 Å². The van der Waals surface area contributed by atoms with Crippen molar-refractivity contribution in [3.05, 3.63) is 35.4 Å². The van der Waals surface area contributed by atoms with Crippen LogP contribution in [-0.2, 0) is 29.9 Å². The Hall–Kier alpha value is -1.96. The molecule has 0 aliphatic carbocycles. The third-order valence-corrected chi connectivity index (χ3v) is 2.48. The zero-order valence-electron chi connectivity index (χ0n) is 15.2. The fourth-order valence-corrected chi connectivity index (χ4v) is 1.58. The summed E-state index contributed by atoms with van der Waals surface area (Å²) in [7, 11) is 0. The molecule has 0 saturated carbocycles. The van der Waals surface area contributed by atoms with Gasteiger partial charge in [0, 0.05) is 6.92 Å². The highest BCUT2D eigenvalue weighted by molar-refractivity contribution is 5.91. The summed E-state index contributed by atoms with van der Waals surface area (Å²) in [6.45, 7) is 12.7. The van der Waals surface area contributed by atoms with Gasteiger partial charge >= 0.3 is 11.9 Å². The summed E-state index contributed by atoms with van der Waals surface area (Å²) < 4.78 is 0. The van der Waals surface area contributed by atoms with Gasteiger partial charge in [-0.05, 0) is 42.9 Å². The van der Waals surface area contributed by atoms with Gasteiger partial charge in [0.2, 0.25) is 0 Å². The molecule has 0 radical (unpaired) electrons. The molecule has 0 bridgehead atoms. The first-order valence-electron chi connectivity index (χ1n) is 7.36. The Morgan fingerprint density at radius 1 is 0.958 bits per heavy atom. The van der Waals surface area contributed by atoms with Crippen molar-refractivity contribution < 1.29 is 34.5 Å². The van der Waals surface area contributed by atoms with Gasteiger partial charge in [-0.15, -0.1) is 0 Å². The fourth-order valence-electron chi connectivity index (χ4n) is 1.58. The Balaban J connectivity index is 0.000000506. The molecule has 0 atom stereocenters. The average molecular weight is 342 g/mol. The lowest BCUT2D eigenvalue weighted by atomic mass is 9.84. The van der Waals surface area contributed by atoms with Gasteiger partial charge in [0.15, 0.2) is 0 Å². The van der Waals surface area contributed by atoms with E-state index in [0.29, 0.717) is 5.56 Å². The molecule has 0 unspecified atom stereocenters. The SMILES string of the molecule is CC(=O)OOC(C)(C)C.CC(C)(C)c1ccccc1C(=O)OOO. The molecule has 0 amide bonds. The first-order valence-corrected chi connectivity index (χ1v) is 7.36. The van der Waals surface area contributed by atoms with Gasteiger partial charge in [-0.3, -0.25) is 9.78 Å². The van der Waals surface area contributed by atoms with Gasteiger partial charge in [-0.1, -0.05) is 39.0 Å². The molecule has 7 heteroatoms. The molecule has 0 aromatic heterocycles. The number of benzene rings is 1. The Bertz CT molecular complexity index is 539. The van der Waals surface area contributed by atoms with Crippen LogP contribution in [0.25, 0.3) is 0 Å². The van der Waals surface area contributed by atoms with Crippen LogP contribution in [0, 0.1) is 0 Å². The standard InChI is InChI=1S/C11H14O4.C6H12O3/c1-11(2,3)9-7-5-4-6-8(9)10(12)14-15-13;1-5(7)8-9-6(2,3)4/h4-7,13H,1-3H3;1-4H3. The van der Waals surface area contributed by atoms with Crippen molar-refractivity contribution in [3.8, 4) is 0 Å². The van der Waals surface area contributed by atoms with Crippen LogP contribution in [0.4, 0.5) is 0 Å². The summed E-state index contributed by atoms with van der Waals surface area (Å²) in [5, 5.41) is 11.4. The van der Waals surface area contributed by atoms with E-state index in [4.69, 9.17) is 5.26 Å². The third-order valence-electron chi connectivity index (χ3n) is 2.48. The van der Waals surface area contributed by atoms with Crippen LogP contribution in [0.15, 0.2) is 24.3 Å². The maximum atomic E-state index is 11.4. The van der Waals surface area contributed by atoms with Crippen molar-refractivity contribution >= 4 is 11.9 Å². The van der Waals surface area contributed by atoms with Gasteiger partial charge in [0.05, 0.1) is 5.56 Å². The molecule has 0 fully saturated rings.